The first-order valence-electron chi connectivity index (χ1n) is 6.64. The molecule has 0 amide bonds. The highest BCUT2D eigenvalue weighted by molar-refractivity contribution is 4.82. The summed E-state index contributed by atoms with van der Waals surface area (Å²) in [5.74, 6) is 0. The largest absolute Gasteiger partial charge is 0.329 e. The van der Waals surface area contributed by atoms with Gasteiger partial charge in [0.2, 0.25) is 0 Å². The van der Waals surface area contributed by atoms with Gasteiger partial charge >= 0.3 is 0 Å². The zero-order chi connectivity index (χ0) is 11.4. The molecule has 4 nitrogen and oxygen atoms in total. The van der Waals surface area contributed by atoms with Gasteiger partial charge in [-0.05, 0) is 33.0 Å². The minimum Gasteiger partial charge on any atom is -0.329 e. The van der Waals surface area contributed by atoms with Gasteiger partial charge in [0, 0.05) is 45.3 Å². The fourth-order valence-electron chi connectivity index (χ4n) is 2.88. The van der Waals surface area contributed by atoms with Crippen LogP contribution in [0, 0.1) is 0 Å². The van der Waals surface area contributed by atoms with Crippen LogP contribution in [0.5, 0.6) is 0 Å². The standard InChI is InChI=1S/C12H26N4/c1-14-8-10-16(11-9-14)12-2-5-15(6-3-12)7-4-13/h12H,2-11,13H2,1H3. The second-order valence-electron chi connectivity index (χ2n) is 5.20. The van der Waals surface area contributed by atoms with Crippen molar-refractivity contribution in [3.05, 3.63) is 0 Å². The number of likely N-dealkylation sites (N-methyl/N-ethyl adjacent to an activating group) is 1. The molecule has 0 unspecified atom stereocenters. The van der Waals surface area contributed by atoms with Crippen molar-refractivity contribution in [2.24, 2.45) is 5.73 Å². The molecule has 0 saturated carbocycles. The molecular formula is C12H26N4. The lowest BCUT2D eigenvalue weighted by Crippen LogP contribution is -2.52. The Balaban J connectivity index is 1.72. The lowest BCUT2D eigenvalue weighted by molar-refractivity contribution is 0.0686. The molecule has 2 aliphatic rings. The molecule has 4 heteroatoms. The van der Waals surface area contributed by atoms with Crippen molar-refractivity contribution in [3.63, 3.8) is 0 Å². The van der Waals surface area contributed by atoms with Crippen LogP contribution in [-0.2, 0) is 0 Å². The van der Waals surface area contributed by atoms with E-state index in [1.54, 1.807) is 0 Å². The zero-order valence-electron chi connectivity index (χ0n) is 10.6. The first-order chi connectivity index (χ1) is 7.79. The molecule has 2 fully saturated rings. The highest BCUT2D eigenvalue weighted by Gasteiger charge is 2.26. The summed E-state index contributed by atoms with van der Waals surface area (Å²) in [7, 11) is 2.22. The van der Waals surface area contributed by atoms with Gasteiger partial charge in [-0.1, -0.05) is 0 Å². The van der Waals surface area contributed by atoms with E-state index in [9.17, 15) is 0 Å². The molecule has 0 aromatic carbocycles. The molecule has 0 spiro atoms. The number of rotatable bonds is 3. The van der Waals surface area contributed by atoms with E-state index in [4.69, 9.17) is 5.73 Å². The molecule has 2 rings (SSSR count). The summed E-state index contributed by atoms with van der Waals surface area (Å²) >= 11 is 0. The third kappa shape index (κ3) is 3.17. The third-order valence-corrected chi connectivity index (χ3v) is 4.06. The van der Waals surface area contributed by atoms with E-state index in [-0.39, 0.29) is 0 Å². The van der Waals surface area contributed by atoms with Crippen LogP contribution in [0.1, 0.15) is 12.8 Å². The maximum atomic E-state index is 5.59. The lowest BCUT2D eigenvalue weighted by atomic mass is 10.0. The number of piperidine rings is 1. The summed E-state index contributed by atoms with van der Waals surface area (Å²) in [4.78, 5) is 7.63. The SMILES string of the molecule is CN1CCN(C2CCN(CCN)CC2)CC1. The first kappa shape index (κ1) is 12.3. The van der Waals surface area contributed by atoms with Crippen LogP contribution in [0.15, 0.2) is 0 Å². The number of likely N-dealkylation sites (tertiary alicyclic amines) is 1. The lowest BCUT2D eigenvalue weighted by Gasteiger charge is -2.42. The van der Waals surface area contributed by atoms with Crippen molar-refractivity contribution in [1.82, 2.24) is 14.7 Å². The molecule has 2 heterocycles. The summed E-state index contributed by atoms with van der Waals surface area (Å²) in [6.07, 6.45) is 2.67. The van der Waals surface area contributed by atoms with Crippen molar-refractivity contribution in [2.45, 2.75) is 18.9 Å². The number of nitrogens with two attached hydrogens (primary N) is 1. The van der Waals surface area contributed by atoms with Crippen LogP contribution < -0.4 is 5.73 Å². The Morgan fingerprint density at radius 3 is 2.19 bits per heavy atom. The van der Waals surface area contributed by atoms with E-state index < -0.39 is 0 Å². The molecule has 2 aliphatic heterocycles. The number of piperazine rings is 1. The molecule has 0 aromatic rings. The zero-order valence-corrected chi connectivity index (χ0v) is 10.6. The van der Waals surface area contributed by atoms with Gasteiger partial charge in [0.1, 0.15) is 0 Å². The minimum absolute atomic E-state index is 0.805. The smallest absolute Gasteiger partial charge is 0.0121 e. The number of nitrogens with zero attached hydrogens (tertiary/aromatic N) is 3. The highest BCUT2D eigenvalue weighted by Crippen LogP contribution is 2.17. The van der Waals surface area contributed by atoms with Gasteiger partial charge in [-0.25, -0.2) is 0 Å². The monoisotopic (exact) mass is 226 g/mol. The Kier molecular flexibility index (Phi) is 4.58. The van der Waals surface area contributed by atoms with Crippen LogP contribution in [0.25, 0.3) is 0 Å². The Bertz CT molecular complexity index is 193. The van der Waals surface area contributed by atoms with E-state index >= 15 is 0 Å². The average molecular weight is 226 g/mol. The fourth-order valence-corrected chi connectivity index (χ4v) is 2.88. The van der Waals surface area contributed by atoms with E-state index in [1.807, 2.05) is 0 Å². The molecule has 0 aliphatic carbocycles. The van der Waals surface area contributed by atoms with Gasteiger partial charge in [0.15, 0.2) is 0 Å². The van der Waals surface area contributed by atoms with Crippen molar-refractivity contribution in [2.75, 3.05) is 59.4 Å². The third-order valence-electron chi connectivity index (χ3n) is 4.06. The van der Waals surface area contributed by atoms with Crippen molar-refractivity contribution in [1.29, 1.82) is 0 Å². The van der Waals surface area contributed by atoms with Gasteiger partial charge in [0.05, 0.1) is 0 Å². The van der Waals surface area contributed by atoms with E-state index in [1.165, 1.54) is 52.1 Å². The molecule has 0 radical (unpaired) electrons. The number of hydrogen-bond donors (Lipinski definition) is 1. The first-order valence-corrected chi connectivity index (χ1v) is 6.64. The molecule has 94 valence electrons. The van der Waals surface area contributed by atoms with Gasteiger partial charge in [-0.2, -0.15) is 0 Å². The van der Waals surface area contributed by atoms with E-state index in [0.29, 0.717) is 0 Å². The predicted octanol–water partition coefficient (Wildman–Crippen LogP) is -0.343. The molecule has 0 atom stereocenters. The highest BCUT2D eigenvalue weighted by atomic mass is 15.3. The van der Waals surface area contributed by atoms with Crippen LogP contribution in [-0.4, -0.2) is 80.1 Å². The van der Waals surface area contributed by atoms with Crippen LogP contribution in [0.3, 0.4) is 0 Å². The Hall–Kier alpha value is -0.160. The minimum atomic E-state index is 0.805. The van der Waals surface area contributed by atoms with Gasteiger partial charge < -0.3 is 15.5 Å². The Labute approximate surface area is 99.4 Å². The summed E-state index contributed by atoms with van der Waals surface area (Å²) in [6, 6.07) is 0.836. The maximum absolute atomic E-state index is 5.59. The average Bonchev–Trinajstić information content (AvgIpc) is 2.32. The molecule has 2 N–H and O–H groups in total. The second kappa shape index (κ2) is 5.96. The Morgan fingerprint density at radius 2 is 1.62 bits per heavy atom. The normalized spacial score (nSPS) is 27.4. The topological polar surface area (TPSA) is 35.7 Å². The molecule has 16 heavy (non-hydrogen) atoms. The van der Waals surface area contributed by atoms with E-state index in [2.05, 4.69) is 21.7 Å². The van der Waals surface area contributed by atoms with E-state index in [0.717, 1.165) is 19.1 Å². The van der Waals surface area contributed by atoms with Gasteiger partial charge in [0.25, 0.3) is 0 Å². The van der Waals surface area contributed by atoms with Crippen LogP contribution in [0.2, 0.25) is 0 Å². The quantitative estimate of drug-likeness (QED) is 0.714. The van der Waals surface area contributed by atoms with Crippen molar-refractivity contribution < 1.29 is 0 Å². The summed E-state index contributed by atoms with van der Waals surface area (Å²) in [5.41, 5.74) is 5.59. The van der Waals surface area contributed by atoms with Crippen molar-refractivity contribution in [3.8, 4) is 0 Å². The molecule has 0 bridgehead atoms. The van der Waals surface area contributed by atoms with Crippen LogP contribution in [0.4, 0.5) is 0 Å². The molecule has 0 aromatic heterocycles. The molecule has 2 saturated heterocycles. The summed E-state index contributed by atoms with van der Waals surface area (Å²) < 4.78 is 0. The second-order valence-corrected chi connectivity index (χ2v) is 5.20. The number of hydrogen-bond acceptors (Lipinski definition) is 4. The van der Waals surface area contributed by atoms with Crippen molar-refractivity contribution >= 4 is 0 Å². The fraction of sp³-hybridized carbons (Fsp3) is 1.00. The predicted molar refractivity (Wildman–Crippen MR) is 67.6 cm³/mol. The van der Waals surface area contributed by atoms with Crippen LogP contribution >= 0.6 is 0 Å². The van der Waals surface area contributed by atoms with Gasteiger partial charge in [-0.15, -0.1) is 0 Å². The summed E-state index contributed by atoms with van der Waals surface area (Å²) in [6.45, 7) is 9.37. The van der Waals surface area contributed by atoms with Gasteiger partial charge in [-0.3, -0.25) is 4.90 Å². The Morgan fingerprint density at radius 1 is 1.00 bits per heavy atom. The summed E-state index contributed by atoms with van der Waals surface area (Å²) in [5, 5.41) is 0. The maximum Gasteiger partial charge on any atom is 0.0121 e. The molecular weight excluding hydrogens is 200 g/mol.